The molecule has 1 aliphatic heterocycles. The molecular formula is C22H19N5O2. The fraction of sp³-hybridized carbons (Fsp3) is 0.227. The van der Waals surface area contributed by atoms with Crippen molar-refractivity contribution in [3.8, 4) is 18.0 Å². The Labute approximate surface area is 169 Å². The van der Waals surface area contributed by atoms with Crippen LogP contribution < -0.4 is 4.74 Å². The number of carbonyl (C=O) groups is 1. The third-order valence-electron chi connectivity index (χ3n) is 4.48. The van der Waals surface area contributed by atoms with Gasteiger partial charge in [-0.05, 0) is 36.6 Å². The van der Waals surface area contributed by atoms with Crippen LogP contribution in [0.2, 0.25) is 0 Å². The van der Waals surface area contributed by atoms with E-state index in [1.54, 1.807) is 36.5 Å². The summed E-state index contributed by atoms with van der Waals surface area (Å²) in [6, 6.07) is 14.4. The summed E-state index contributed by atoms with van der Waals surface area (Å²) in [4.78, 5) is 16.8. The van der Waals surface area contributed by atoms with Gasteiger partial charge in [0.15, 0.2) is 0 Å². The number of hydrogen-bond donors (Lipinski definition) is 0. The van der Waals surface area contributed by atoms with Gasteiger partial charge >= 0.3 is 0 Å². The highest BCUT2D eigenvalue weighted by molar-refractivity contribution is 5.94. The van der Waals surface area contributed by atoms with Gasteiger partial charge in [0, 0.05) is 30.5 Å². The number of pyridine rings is 1. The monoisotopic (exact) mass is 385 g/mol. The molecule has 7 heteroatoms. The molecule has 0 saturated carbocycles. The molecule has 0 radical (unpaired) electrons. The summed E-state index contributed by atoms with van der Waals surface area (Å²) in [5.41, 5.74) is 2.34. The Kier molecular flexibility index (Phi) is 6.34. The molecule has 2 heterocycles. The van der Waals surface area contributed by atoms with Crippen molar-refractivity contribution in [1.82, 2.24) is 9.99 Å². The molecule has 0 bridgehead atoms. The molecule has 1 aromatic heterocycles. The van der Waals surface area contributed by atoms with Gasteiger partial charge in [-0.3, -0.25) is 4.79 Å². The van der Waals surface area contributed by atoms with E-state index in [0.717, 1.165) is 5.56 Å². The van der Waals surface area contributed by atoms with Crippen LogP contribution in [0.1, 0.15) is 42.0 Å². The molecule has 1 aromatic carbocycles. The Morgan fingerprint density at radius 2 is 2.07 bits per heavy atom. The average molecular weight is 385 g/mol. The topological polar surface area (TPSA) is 102 Å². The molecule has 1 aliphatic rings. The zero-order valence-corrected chi connectivity index (χ0v) is 15.8. The van der Waals surface area contributed by atoms with Crippen LogP contribution in [-0.2, 0) is 4.79 Å². The van der Waals surface area contributed by atoms with Gasteiger partial charge in [-0.1, -0.05) is 18.7 Å². The molecular weight excluding hydrogens is 366 g/mol. The van der Waals surface area contributed by atoms with Gasteiger partial charge in [0.2, 0.25) is 5.88 Å². The van der Waals surface area contributed by atoms with Gasteiger partial charge in [0.25, 0.3) is 5.91 Å². The van der Waals surface area contributed by atoms with Crippen LogP contribution in [0.15, 0.2) is 59.8 Å². The number of nitrogens with zero attached hydrogens (tertiary/aromatic N) is 5. The van der Waals surface area contributed by atoms with E-state index in [1.165, 1.54) is 11.2 Å². The maximum atomic E-state index is 12.8. The van der Waals surface area contributed by atoms with Crippen molar-refractivity contribution in [2.75, 3.05) is 6.61 Å². The normalized spacial score (nSPS) is 14.8. The molecule has 2 aromatic rings. The molecule has 3 rings (SSSR count). The van der Waals surface area contributed by atoms with Crippen molar-refractivity contribution in [2.24, 2.45) is 5.10 Å². The van der Waals surface area contributed by atoms with Gasteiger partial charge in [0.05, 0.1) is 29.8 Å². The highest BCUT2D eigenvalue weighted by Gasteiger charge is 2.29. The van der Waals surface area contributed by atoms with Gasteiger partial charge in [-0.25, -0.2) is 9.99 Å². The highest BCUT2D eigenvalue weighted by atomic mass is 16.5. The predicted octanol–water partition coefficient (Wildman–Crippen LogP) is 3.50. The second kappa shape index (κ2) is 9.29. The van der Waals surface area contributed by atoms with Gasteiger partial charge < -0.3 is 4.74 Å². The minimum absolute atomic E-state index is 0.230. The second-order valence-corrected chi connectivity index (χ2v) is 6.49. The van der Waals surface area contributed by atoms with Gasteiger partial charge in [-0.2, -0.15) is 15.6 Å². The van der Waals surface area contributed by atoms with Crippen LogP contribution in [0.3, 0.4) is 0 Å². The lowest BCUT2D eigenvalue weighted by molar-refractivity contribution is -0.129. The average Bonchev–Trinajstić information content (AvgIpc) is 3.26. The standard InChI is InChI=1S/C22H19N5O2/c1-16(4-3-11-29-21-8-7-18(14-24)15-25-21)22(28)27-20(9-10-26-27)19-6-2-5-17(12-19)13-23/h2,5-8,10,12,15,20H,1,3-4,9,11H2. The number of rotatable bonds is 7. The van der Waals surface area contributed by atoms with E-state index in [1.807, 2.05) is 12.1 Å². The van der Waals surface area contributed by atoms with Crippen LogP contribution in [0.25, 0.3) is 0 Å². The van der Waals surface area contributed by atoms with E-state index in [0.29, 0.717) is 48.4 Å². The SMILES string of the molecule is C=C(CCCOc1ccc(C#N)cn1)C(=O)N1N=CCC1c1cccc(C#N)c1. The molecule has 0 fully saturated rings. The summed E-state index contributed by atoms with van der Waals surface area (Å²) in [5, 5.41) is 23.5. The van der Waals surface area contributed by atoms with E-state index in [2.05, 4.69) is 22.7 Å². The first-order valence-electron chi connectivity index (χ1n) is 9.15. The van der Waals surface area contributed by atoms with Crippen LogP contribution in [0.5, 0.6) is 5.88 Å². The van der Waals surface area contributed by atoms with E-state index in [9.17, 15) is 4.79 Å². The minimum atomic E-state index is -0.234. The van der Waals surface area contributed by atoms with Crippen LogP contribution >= 0.6 is 0 Å². The number of carbonyl (C=O) groups excluding carboxylic acids is 1. The fourth-order valence-electron chi connectivity index (χ4n) is 2.97. The van der Waals surface area contributed by atoms with Crippen molar-refractivity contribution < 1.29 is 9.53 Å². The molecule has 7 nitrogen and oxygen atoms in total. The van der Waals surface area contributed by atoms with Crippen molar-refractivity contribution in [3.63, 3.8) is 0 Å². The molecule has 0 N–H and O–H groups in total. The number of nitriles is 2. The summed E-state index contributed by atoms with van der Waals surface area (Å²) in [6.45, 7) is 4.28. The highest BCUT2D eigenvalue weighted by Crippen LogP contribution is 2.30. The summed E-state index contributed by atoms with van der Waals surface area (Å²) < 4.78 is 5.53. The van der Waals surface area contributed by atoms with Crippen molar-refractivity contribution >= 4 is 12.1 Å². The summed E-state index contributed by atoms with van der Waals surface area (Å²) >= 11 is 0. The second-order valence-electron chi connectivity index (χ2n) is 6.49. The van der Waals surface area contributed by atoms with Crippen molar-refractivity contribution in [1.29, 1.82) is 10.5 Å². The molecule has 1 unspecified atom stereocenters. The van der Waals surface area contributed by atoms with Gasteiger partial charge in [-0.15, -0.1) is 0 Å². The summed E-state index contributed by atoms with van der Waals surface area (Å²) in [6.07, 6.45) is 4.81. The van der Waals surface area contributed by atoms with E-state index >= 15 is 0 Å². The molecule has 0 aliphatic carbocycles. The largest absolute Gasteiger partial charge is 0.478 e. The minimum Gasteiger partial charge on any atom is -0.478 e. The van der Waals surface area contributed by atoms with E-state index in [4.69, 9.17) is 15.3 Å². The predicted molar refractivity (Wildman–Crippen MR) is 107 cm³/mol. The molecule has 1 atom stereocenters. The molecule has 29 heavy (non-hydrogen) atoms. The lowest BCUT2D eigenvalue weighted by atomic mass is 10.0. The molecule has 144 valence electrons. The quantitative estimate of drug-likeness (QED) is 0.536. The lowest BCUT2D eigenvalue weighted by Crippen LogP contribution is -2.28. The summed E-state index contributed by atoms with van der Waals surface area (Å²) in [5.74, 6) is 0.199. The van der Waals surface area contributed by atoms with E-state index in [-0.39, 0.29) is 11.9 Å². The maximum absolute atomic E-state index is 12.8. The third kappa shape index (κ3) is 4.85. The Morgan fingerprint density at radius 1 is 1.24 bits per heavy atom. The Morgan fingerprint density at radius 3 is 2.79 bits per heavy atom. The third-order valence-corrected chi connectivity index (χ3v) is 4.48. The zero-order valence-electron chi connectivity index (χ0n) is 15.8. The first kappa shape index (κ1) is 19.8. The first-order valence-corrected chi connectivity index (χ1v) is 9.15. The summed E-state index contributed by atoms with van der Waals surface area (Å²) in [7, 11) is 0. The lowest BCUT2D eigenvalue weighted by Gasteiger charge is -2.23. The number of amides is 1. The van der Waals surface area contributed by atoms with Crippen molar-refractivity contribution in [3.05, 3.63) is 71.4 Å². The molecule has 0 spiro atoms. The Hall–Kier alpha value is -3.97. The van der Waals surface area contributed by atoms with Crippen LogP contribution in [-0.4, -0.2) is 28.7 Å². The van der Waals surface area contributed by atoms with Gasteiger partial charge in [0.1, 0.15) is 6.07 Å². The number of hydrazone groups is 1. The number of ether oxygens (including phenoxy) is 1. The smallest absolute Gasteiger partial charge is 0.269 e. The first-order chi connectivity index (χ1) is 14.1. The number of hydrogen-bond acceptors (Lipinski definition) is 6. The zero-order chi connectivity index (χ0) is 20.6. The molecule has 1 amide bonds. The molecule has 0 saturated heterocycles. The van der Waals surface area contributed by atoms with Crippen molar-refractivity contribution in [2.45, 2.75) is 25.3 Å². The van der Waals surface area contributed by atoms with Crippen LogP contribution in [0.4, 0.5) is 0 Å². The Bertz CT molecular complexity index is 1010. The van der Waals surface area contributed by atoms with Crippen LogP contribution in [0, 0.1) is 22.7 Å². The number of benzene rings is 1. The van der Waals surface area contributed by atoms with E-state index < -0.39 is 0 Å². The Balaban J connectivity index is 1.52. The number of aromatic nitrogens is 1. The fourth-order valence-corrected chi connectivity index (χ4v) is 2.97. The maximum Gasteiger partial charge on any atom is 0.269 e.